The van der Waals surface area contributed by atoms with E-state index in [0.717, 1.165) is 4.47 Å². The van der Waals surface area contributed by atoms with Gasteiger partial charge in [0.25, 0.3) is 5.91 Å². The number of halogens is 3. The highest BCUT2D eigenvalue weighted by Gasteiger charge is 2.14. The second-order valence-electron chi connectivity index (χ2n) is 3.19. The van der Waals surface area contributed by atoms with E-state index < -0.39 is 0 Å². The topological polar surface area (TPSA) is 42.2 Å². The maximum Gasteiger partial charge on any atom is 0.260 e. The normalized spacial score (nSPS) is 10.3. The second-order valence-corrected chi connectivity index (χ2v) is 4.82. The Bertz CT molecular complexity index is 568. The third-order valence-electron chi connectivity index (χ3n) is 2.04. The molecule has 0 atom stereocenters. The quantitative estimate of drug-likeness (QED) is 0.872. The fourth-order valence-electron chi connectivity index (χ4n) is 1.24. The van der Waals surface area contributed by atoms with Crippen LogP contribution in [0.15, 0.2) is 39.4 Å². The van der Waals surface area contributed by atoms with Gasteiger partial charge in [-0.05, 0) is 51.8 Å². The molecule has 0 saturated carbocycles. The van der Waals surface area contributed by atoms with Crippen molar-refractivity contribution in [2.24, 2.45) is 0 Å². The number of carbonyl (C=O) groups excluding carboxylic acids is 1. The Hall–Kier alpha value is -0.970. The lowest BCUT2D eigenvalue weighted by Gasteiger charge is -2.06. The number of nitrogens with one attached hydrogen (secondary N) is 1. The van der Waals surface area contributed by atoms with E-state index >= 15 is 0 Å². The predicted molar refractivity (Wildman–Crippen MR) is 70.8 cm³/mol. The van der Waals surface area contributed by atoms with Gasteiger partial charge in [0, 0.05) is 9.50 Å². The van der Waals surface area contributed by atoms with Gasteiger partial charge in [-0.3, -0.25) is 4.79 Å². The molecular formula is C11H6BrCl2NO2. The van der Waals surface area contributed by atoms with Crippen molar-refractivity contribution in [2.75, 3.05) is 5.32 Å². The highest BCUT2D eigenvalue weighted by molar-refractivity contribution is 9.10. The summed E-state index contributed by atoms with van der Waals surface area (Å²) in [4.78, 5) is 11.8. The molecule has 2 rings (SSSR count). The number of hydrogen-bond donors (Lipinski definition) is 1. The van der Waals surface area contributed by atoms with E-state index in [0.29, 0.717) is 10.7 Å². The fraction of sp³-hybridized carbons (Fsp3) is 0. The summed E-state index contributed by atoms with van der Waals surface area (Å²) in [5.74, 6) is -0.355. The molecular weight excluding hydrogens is 329 g/mol. The lowest BCUT2D eigenvalue weighted by atomic mass is 10.3. The van der Waals surface area contributed by atoms with Gasteiger partial charge in [0.15, 0.2) is 0 Å². The zero-order valence-electron chi connectivity index (χ0n) is 8.34. The SMILES string of the molecule is O=C(Nc1cc(Cl)ccc1Br)c1ccoc1Cl. The average Bonchev–Trinajstić information content (AvgIpc) is 2.70. The molecule has 2 aromatic rings. The molecule has 0 saturated heterocycles. The second kappa shape index (κ2) is 5.12. The van der Waals surface area contributed by atoms with Gasteiger partial charge in [-0.2, -0.15) is 0 Å². The molecule has 88 valence electrons. The van der Waals surface area contributed by atoms with Gasteiger partial charge in [-0.15, -0.1) is 0 Å². The summed E-state index contributed by atoms with van der Waals surface area (Å²) in [5.41, 5.74) is 0.846. The van der Waals surface area contributed by atoms with E-state index in [1.165, 1.54) is 12.3 Å². The summed E-state index contributed by atoms with van der Waals surface area (Å²) in [6.07, 6.45) is 1.35. The maximum absolute atomic E-state index is 11.8. The summed E-state index contributed by atoms with van der Waals surface area (Å²) in [6, 6.07) is 6.59. The highest BCUT2D eigenvalue weighted by Crippen LogP contribution is 2.27. The van der Waals surface area contributed by atoms with E-state index in [1.807, 2.05) is 0 Å². The van der Waals surface area contributed by atoms with Crippen molar-refractivity contribution in [3.05, 3.63) is 50.8 Å². The Morgan fingerprint density at radius 2 is 2.06 bits per heavy atom. The lowest BCUT2D eigenvalue weighted by molar-refractivity contribution is 0.102. The van der Waals surface area contributed by atoms with Gasteiger partial charge in [0.1, 0.15) is 0 Å². The van der Waals surface area contributed by atoms with Crippen molar-refractivity contribution in [3.63, 3.8) is 0 Å². The first-order valence-electron chi connectivity index (χ1n) is 4.57. The Kier molecular flexibility index (Phi) is 3.76. The van der Waals surface area contributed by atoms with Crippen LogP contribution in [0.3, 0.4) is 0 Å². The molecule has 1 aromatic carbocycles. The predicted octanol–water partition coefficient (Wildman–Crippen LogP) is 4.60. The molecule has 0 unspecified atom stereocenters. The minimum atomic E-state index is -0.355. The molecule has 0 spiro atoms. The van der Waals surface area contributed by atoms with Crippen molar-refractivity contribution < 1.29 is 9.21 Å². The Balaban J connectivity index is 2.24. The number of anilines is 1. The Morgan fingerprint density at radius 3 is 2.71 bits per heavy atom. The van der Waals surface area contributed by atoms with Crippen LogP contribution in [0.4, 0.5) is 5.69 Å². The van der Waals surface area contributed by atoms with Crippen LogP contribution in [0.1, 0.15) is 10.4 Å². The molecule has 17 heavy (non-hydrogen) atoms. The molecule has 1 N–H and O–H groups in total. The summed E-state index contributed by atoms with van der Waals surface area (Å²) >= 11 is 14.9. The number of furan rings is 1. The monoisotopic (exact) mass is 333 g/mol. The molecule has 0 aliphatic carbocycles. The number of benzene rings is 1. The van der Waals surface area contributed by atoms with E-state index in [9.17, 15) is 4.79 Å². The zero-order chi connectivity index (χ0) is 12.4. The number of rotatable bonds is 2. The summed E-state index contributed by atoms with van der Waals surface area (Å²) in [7, 11) is 0. The van der Waals surface area contributed by atoms with Crippen molar-refractivity contribution in [1.29, 1.82) is 0 Å². The average molecular weight is 335 g/mol. The van der Waals surface area contributed by atoms with Crippen LogP contribution >= 0.6 is 39.1 Å². The zero-order valence-corrected chi connectivity index (χ0v) is 11.4. The van der Waals surface area contributed by atoms with Gasteiger partial charge in [0.05, 0.1) is 17.5 Å². The first kappa shape index (κ1) is 12.5. The molecule has 0 bridgehead atoms. The standard InChI is InChI=1S/C11H6BrCl2NO2/c12-8-2-1-6(13)5-9(8)15-11(16)7-3-4-17-10(7)14/h1-5H,(H,15,16). The largest absolute Gasteiger partial charge is 0.452 e. The van der Waals surface area contributed by atoms with E-state index in [-0.39, 0.29) is 16.7 Å². The minimum Gasteiger partial charge on any atom is -0.452 e. The Labute approximate surface area is 116 Å². The van der Waals surface area contributed by atoms with Crippen molar-refractivity contribution in [3.8, 4) is 0 Å². The van der Waals surface area contributed by atoms with Crippen LogP contribution in [0, 0.1) is 0 Å². The first-order valence-corrected chi connectivity index (χ1v) is 6.12. The maximum atomic E-state index is 11.8. The molecule has 1 heterocycles. The fourth-order valence-corrected chi connectivity index (χ4v) is 1.96. The molecule has 1 aromatic heterocycles. The van der Waals surface area contributed by atoms with Crippen LogP contribution in [-0.2, 0) is 0 Å². The van der Waals surface area contributed by atoms with Crippen LogP contribution in [0.2, 0.25) is 10.2 Å². The van der Waals surface area contributed by atoms with Crippen LogP contribution < -0.4 is 5.32 Å². The van der Waals surface area contributed by atoms with Gasteiger partial charge in [-0.25, -0.2) is 0 Å². The third-order valence-corrected chi connectivity index (χ3v) is 3.26. The van der Waals surface area contributed by atoms with Crippen LogP contribution in [-0.4, -0.2) is 5.91 Å². The van der Waals surface area contributed by atoms with E-state index in [4.69, 9.17) is 27.6 Å². The summed E-state index contributed by atoms with van der Waals surface area (Å²) < 4.78 is 5.58. The van der Waals surface area contributed by atoms with Crippen molar-refractivity contribution >= 4 is 50.7 Å². The van der Waals surface area contributed by atoms with Crippen LogP contribution in [0.5, 0.6) is 0 Å². The molecule has 6 heteroatoms. The number of hydrogen-bond acceptors (Lipinski definition) is 2. The molecule has 0 radical (unpaired) electrons. The van der Waals surface area contributed by atoms with Crippen molar-refractivity contribution in [1.82, 2.24) is 0 Å². The van der Waals surface area contributed by atoms with Crippen molar-refractivity contribution in [2.45, 2.75) is 0 Å². The van der Waals surface area contributed by atoms with Crippen LogP contribution in [0.25, 0.3) is 0 Å². The summed E-state index contributed by atoms with van der Waals surface area (Å²) in [5, 5.41) is 3.27. The number of carbonyl (C=O) groups is 1. The molecule has 1 amide bonds. The van der Waals surface area contributed by atoms with Gasteiger partial charge < -0.3 is 9.73 Å². The lowest BCUT2D eigenvalue weighted by Crippen LogP contribution is -2.11. The van der Waals surface area contributed by atoms with E-state index in [1.54, 1.807) is 18.2 Å². The molecule has 0 fully saturated rings. The summed E-state index contributed by atoms with van der Waals surface area (Å²) in [6.45, 7) is 0. The molecule has 3 nitrogen and oxygen atoms in total. The highest BCUT2D eigenvalue weighted by atomic mass is 79.9. The number of amides is 1. The van der Waals surface area contributed by atoms with Gasteiger partial charge in [0.2, 0.25) is 5.22 Å². The molecule has 0 aliphatic rings. The first-order chi connectivity index (χ1) is 8.08. The molecule has 0 aliphatic heterocycles. The van der Waals surface area contributed by atoms with Gasteiger partial charge in [-0.1, -0.05) is 11.6 Å². The van der Waals surface area contributed by atoms with E-state index in [2.05, 4.69) is 21.2 Å². The smallest absolute Gasteiger partial charge is 0.260 e. The Morgan fingerprint density at radius 1 is 1.29 bits per heavy atom. The minimum absolute atomic E-state index is 0.0562. The third kappa shape index (κ3) is 2.83. The van der Waals surface area contributed by atoms with Gasteiger partial charge >= 0.3 is 0 Å².